The maximum absolute atomic E-state index is 11.9. The molecule has 0 aliphatic heterocycles. The molecule has 112 valence electrons. The molecule has 0 radical (unpaired) electrons. The summed E-state index contributed by atoms with van der Waals surface area (Å²) < 4.78 is 1.46. The molecule has 0 unspecified atom stereocenters. The molecule has 0 spiro atoms. The molecule has 1 aromatic carbocycles. The second kappa shape index (κ2) is 6.68. The molecule has 0 aliphatic rings. The molecule has 0 bridgehead atoms. The van der Waals surface area contributed by atoms with E-state index in [1.165, 1.54) is 16.3 Å². The smallest absolute Gasteiger partial charge is 0.343 e. The van der Waals surface area contributed by atoms with Crippen LogP contribution in [0.2, 0.25) is 5.02 Å². The van der Waals surface area contributed by atoms with Crippen LogP contribution in [-0.2, 0) is 11.3 Å². The quantitative estimate of drug-likeness (QED) is 0.571. The summed E-state index contributed by atoms with van der Waals surface area (Å²) in [7, 11) is 0. The number of nitrogens with one attached hydrogen (secondary N) is 2. The Kier molecular flexibility index (Phi) is 4.92. The summed E-state index contributed by atoms with van der Waals surface area (Å²) in [5.41, 5.74) is 6.34. The number of nitrogens with two attached hydrogens (primary N) is 1. The third kappa shape index (κ3) is 3.79. The fourth-order valence-corrected chi connectivity index (χ4v) is 2.57. The summed E-state index contributed by atoms with van der Waals surface area (Å²) in [6, 6.07) is 4.86. The van der Waals surface area contributed by atoms with Gasteiger partial charge in [0.25, 0.3) is 0 Å². The van der Waals surface area contributed by atoms with Crippen molar-refractivity contribution >= 4 is 40.6 Å². The van der Waals surface area contributed by atoms with Crippen molar-refractivity contribution in [1.29, 1.82) is 0 Å². The van der Waals surface area contributed by atoms with E-state index in [0.717, 1.165) is 0 Å². The summed E-state index contributed by atoms with van der Waals surface area (Å²) in [4.78, 5) is 23.2. The molecule has 2 aromatic rings. The van der Waals surface area contributed by atoms with E-state index in [-0.39, 0.29) is 17.3 Å². The van der Waals surface area contributed by atoms with Gasteiger partial charge in [-0.15, -0.1) is 5.10 Å². The van der Waals surface area contributed by atoms with E-state index in [9.17, 15) is 9.59 Å². The van der Waals surface area contributed by atoms with E-state index in [2.05, 4.69) is 15.5 Å². The molecule has 1 amide bonds. The molecule has 7 nitrogen and oxygen atoms in total. The minimum atomic E-state index is -0.286. The van der Waals surface area contributed by atoms with Gasteiger partial charge in [-0.05, 0) is 25.1 Å². The van der Waals surface area contributed by atoms with E-state index in [4.69, 9.17) is 17.3 Å². The predicted molar refractivity (Wildman–Crippen MR) is 83.7 cm³/mol. The number of nitrogen functional groups attached to an aromatic ring is 1. The predicted octanol–water partition coefficient (Wildman–Crippen LogP) is 1.56. The van der Waals surface area contributed by atoms with Crippen LogP contribution in [0, 0.1) is 0 Å². The van der Waals surface area contributed by atoms with Crippen molar-refractivity contribution in [3.05, 3.63) is 33.7 Å². The van der Waals surface area contributed by atoms with Gasteiger partial charge in [-0.3, -0.25) is 9.36 Å². The number of carbonyl (C=O) groups is 1. The van der Waals surface area contributed by atoms with E-state index in [1.807, 2.05) is 6.92 Å². The maximum Gasteiger partial charge on any atom is 0.343 e. The number of aromatic nitrogens is 3. The van der Waals surface area contributed by atoms with Gasteiger partial charge in [-0.25, -0.2) is 9.89 Å². The number of hydrogen-bond donors (Lipinski definition) is 3. The lowest BCUT2D eigenvalue weighted by Gasteiger charge is -2.06. The molecule has 2 rings (SSSR count). The van der Waals surface area contributed by atoms with Crippen molar-refractivity contribution < 1.29 is 4.79 Å². The zero-order valence-electron chi connectivity index (χ0n) is 11.2. The van der Waals surface area contributed by atoms with E-state index in [0.29, 0.717) is 28.1 Å². The Morgan fingerprint density at radius 1 is 1.57 bits per heavy atom. The number of amides is 1. The summed E-state index contributed by atoms with van der Waals surface area (Å²) in [6.07, 6.45) is 0. The lowest BCUT2D eigenvalue weighted by molar-refractivity contribution is -0.113. The number of halogens is 1. The molecule has 0 atom stereocenters. The second-order valence-corrected chi connectivity index (χ2v) is 5.48. The normalized spacial score (nSPS) is 10.6. The topological polar surface area (TPSA) is 106 Å². The molecular formula is C12H14ClN5O2S. The van der Waals surface area contributed by atoms with E-state index < -0.39 is 0 Å². The van der Waals surface area contributed by atoms with Crippen LogP contribution in [0.1, 0.15) is 6.92 Å². The van der Waals surface area contributed by atoms with Crippen molar-refractivity contribution in [2.24, 2.45) is 0 Å². The molecule has 4 N–H and O–H groups in total. The Morgan fingerprint density at radius 2 is 2.33 bits per heavy atom. The first-order chi connectivity index (χ1) is 10.0. The number of nitrogens with zero attached hydrogens (tertiary/aromatic N) is 2. The largest absolute Gasteiger partial charge is 0.397 e. The zero-order chi connectivity index (χ0) is 15.4. The van der Waals surface area contributed by atoms with Gasteiger partial charge in [0.15, 0.2) is 5.16 Å². The number of rotatable bonds is 5. The van der Waals surface area contributed by atoms with Gasteiger partial charge in [0.2, 0.25) is 5.91 Å². The molecule has 0 saturated heterocycles. The number of benzene rings is 1. The van der Waals surface area contributed by atoms with Gasteiger partial charge in [-0.2, -0.15) is 0 Å². The minimum Gasteiger partial charge on any atom is -0.397 e. The monoisotopic (exact) mass is 327 g/mol. The first kappa shape index (κ1) is 15.5. The van der Waals surface area contributed by atoms with Crippen LogP contribution < -0.4 is 16.7 Å². The van der Waals surface area contributed by atoms with Gasteiger partial charge >= 0.3 is 5.69 Å². The second-order valence-electron chi connectivity index (χ2n) is 4.13. The van der Waals surface area contributed by atoms with E-state index >= 15 is 0 Å². The molecule has 9 heteroatoms. The van der Waals surface area contributed by atoms with Gasteiger partial charge in [0, 0.05) is 12.2 Å². The summed E-state index contributed by atoms with van der Waals surface area (Å²) in [5, 5.41) is 9.83. The number of hydrogen-bond acceptors (Lipinski definition) is 5. The maximum atomic E-state index is 11.9. The first-order valence-corrected chi connectivity index (χ1v) is 7.50. The zero-order valence-corrected chi connectivity index (χ0v) is 12.8. The Bertz CT molecular complexity index is 712. The van der Waals surface area contributed by atoms with Gasteiger partial charge < -0.3 is 11.1 Å². The van der Waals surface area contributed by atoms with Gasteiger partial charge in [0.1, 0.15) is 0 Å². The Labute approximate surface area is 129 Å². The highest BCUT2D eigenvalue weighted by atomic mass is 35.5. The number of thioether (sulfide) groups is 1. The lowest BCUT2D eigenvalue weighted by Crippen LogP contribution is -2.18. The van der Waals surface area contributed by atoms with Crippen LogP contribution in [0.3, 0.4) is 0 Å². The average Bonchev–Trinajstić information content (AvgIpc) is 2.81. The number of H-pyrrole nitrogens is 1. The molecule has 0 fully saturated rings. The van der Waals surface area contributed by atoms with Gasteiger partial charge in [-0.1, -0.05) is 23.4 Å². The summed E-state index contributed by atoms with van der Waals surface area (Å²) in [6.45, 7) is 2.32. The van der Waals surface area contributed by atoms with Crippen LogP contribution in [0.25, 0.3) is 0 Å². The van der Waals surface area contributed by atoms with Gasteiger partial charge in [0.05, 0.1) is 16.5 Å². The number of carbonyl (C=O) groups excluding carboxylic acids is 1. The molecule has 21 heavy (non-hydrogen) atoms. The van der Waals surface area contributed by atoms with Crippen molar-refractivity contribution in [2.45, 2.75) is 18.6 Å². The van der Waals surface area contributed by atoms with Crippen LogP contribution in [0.4, 0.5) is 11.4 Å². The van der Waals surface area contributed by atoms with Crippen LogP contribution in [0.15, 0.2) is 28.2 Å². The highest BCUT2D eigenvalue weighted by Gasteiger charge is 2.10. The average molecular weight is 328 g/mol. The van der Waals surface area contributed by atoms with Crippen molar-refractivity contribution in [3.63, 3.8) is 0 Å². The molecular weight excluding hydrogens is 314 g/mol. The fourth-order valence-electron chi connectivity index (χ4n) is 1.64. The SMILES string of the molecule is CCn1c(SCC(=O)Nc2ccc(Cl)c(N)c2)n[nH]c1=O. The third-order valence-corrected chi connectivity index (χ3v) is 3.97. The van der Waals surface area contributed by atoms with Crippen LogP contribution >= 0.6 is 23.4 Å². The van der Waals surface area contributed by atoms with E-state index in [1.54, 1.807) is 18.2 Å². The Hall–Kier alpha value is -1.93. The molecule has 0 saturated carbocycles. The highest BCUT2D eigenvalue weighted by Crippen LogP contribution is 2.22. The molecule has 1 heterocycles. The summed E-state index contributed by atoms with van der Waals surface area (Å²) in [5.74, 6) is -0.0906. The Morgan fingerprint density at radius 3 is 3.00 bits per heavy atom. The van der Waals surface area contributed by atoms with Crippen molar-refractivity contribution in [3.8, 4) is 0 Å². The number of aromatic amines is 1. The molecule has 1 aromatic heterocycles. The third-order valence-electron chi connectivity index (χ3n) is 2.65. The standard InChI is InChI=1S/C12H14ClN5O2S/c1-2-18-11(20)16-17-12(18)21-6-10(19)15-7-3-4-8(13)9(14)5-7/h3-5H,2,6,14H2,1H3,(H,15,19)(H,16,20). The highest BCUT2D eigenvalue weighted by molar-refractivity contribution is 7.99. The number of anilines is 2. The Balaban J connectivity index is 1.95. The van der Waals surface area contributed by atoms with Crippen LogP contribution in [0.5, 0.6) is 0 Å². The first-order valence-electron chi connectivity index (χ1n) is 6.14. The molecule has 0 aliphatic carbocycles. The van der Waals surface area contributed by atoms with Crippen LogP contribution in [-0.4, -0.2) is 26.4 Å². The lowest BCUT2D eigenvalue weighted by atomic mass is 10.3. The van der Waals surface area contributed by atoms with Crippen molar-refractivity contribution in [2.75, 3.05) is 16.8 Å². The summed E-state index contributed by atoms with van der Waals surface area (Å²) >= 11 is 6.99. The fraction of sp³-hybridized carbons (Fsp3) is 0.250. The minimum absolute atomic E-state index is 0.132. The van der Waals surface area contributed by atoms with Crippen molar-refractivity contribution in [1.82, 2.24) is 14.8 Å².